The second-order valence-electron chi connectivity index (χ2n) is 8.02. The lowest BCUT2D eigenvalue weighted by molar-refractivity contribution is 0.0489. The fourth-order valence-electron chi connectivity index (χ4n) is 3.19. The molecule has 0 aliphatic heterocycles. The lowest BCUT2D eigenvalue weighted by Crippen LogP contribution is -2.44. The minimum atomic E-state index is -0.420. The standard InChI is InChI=1S/C19H38N2O2/c1-6-8-9-15(7-2)14-20-16-10-12-17(13-11-16)21-18(22)23-19(3,4)5/h15-17,20H,6-14H2,1-5H3,(H,21,22). The smallest absolute Gasteiger partial charge is 0.407 e. The Bertz CT molecular complexity index is 331. The first-order valence-electron chi connectivity index (χ1n) is 9.57. The Morgan fingerprint density at radius 1 is 1.13 bits per heavy atom. The van der Waals surface area contributed by atoms with E-state index in [1.807, 2.05) is 20.8 Å². The number of carbonyl (C=O) groups is 1. The second-order valence-corrected chi connectivity index (χ2v) is 8.02. The number of amides is 1. The first kappa shape index (κ1) is 20.3. The summed E-state index contributed by atoms with van der Waals surface area (Å²) in [6, 6.07) is 0.882. The third-order valence-corrected chi connectivity index (χ3v) is 4.69. The summed E-state index contributed by atoms with van der Waals surface area (Å²) in [6.45, 7) is 11.4. The van der Waals surface area contributed by atoms with E-state index in [0.717, 1.165) is 38.1 Å². The average molecular weight is 327 g/mol. The molecule has 0 spiro atoms. The Labute approximate surface area is 143 Å². The number of ether oxygens (including phenoxy) is 1. The zero-order valence-corrected chi connectivity index (χ0v) is 15.9. The molecule has 0 bridgehead atoms. The summed E-state index contributed by atoms with van der Waals surface area (Å²) >= 11 is 0. The van der Waals surface area contributed by atoms with Gasteiger partial charge in [0.15, 0.2) is 0 Å². The van der Waals surface area contributed by atoms with Crippen molar-refractivity contribution in [1.82, 2.24) is 10.6 Å². The van der Waals surface area contributed by atoms with Crippen molar-refractivity contribution in [2.45, 2.75) is 104 Å². The van der Waals surface area contributed by atoms with Gasteiger partial charge < -0.3 is 15.4 Å². The summed E-state index contributed by atoms with van der Waals surface area (Å²) in [5, 5.41) is 6.76. The van der Waals surface area contributed by atoms with Gasteiger partial charge in [0.2, 0.25) is 0 Å². The van der Waals surface area contributed by atoms with Crippen molar-refractivity contribution in [1.29, 1.82) is 0 Å². The molecular weight excluding hydrogens is 288 g/mol. The van der Waals surface area contributed by atoms with Gasteiger partial charge in [-0.2, -0.15) is 0 Å². The van der Waals surface area contributed by atoms with Gasteiger partial charge in [-0.3, -0.25) is 0 Å². The molecule has 0 aromatic heterocycles. The molecule has 4 heteroatoms. The SMILES string of the molecule is CCCCC(CC)CNC1CCC(NC(=O)OC(C)(C)C)CC1. The maximum atomic E-state index is 11.8. The Kier molecular flexibility index (Phi) is 8.96. The number of unbranched alkanes of at least 4 members (excludes halogenated alkanes) is 1. The maximum absolute atomic E-state index is 11.8. The predicted octanol–water partition coefficient (Wildman–Crippen LogP) is 4.63. The van der Waals surface area contributed by atoms with Gasteiger partial charge in [-0.15, -0.1) is 0 Å². The number of nitrogens with one attached hydrogen (secondary N) is 2. The summed E-state index contributed by atoms with van der Waals surface area (Å²) in [7, 11) is 0. The largest absolute Gasteiger partial charge is 0.444 e. The van der Waals surface area contributed by atoms with Crippen LogP contribution in [0.25, 0.3) is 0 Å². The van der Waals surface area contributed by atoms with Crippen molar-refractivity contribution in [2.24, 2.45) is 5.92 Å². The molecule has 1 fully saturated rings. The number of carbonyl (C=O) groups excluding carboxylic acids is 1. The molecule has 0 radical (unpaired) electrons. The fourth-order valence-corrected chi connectivity index (χ4v) is 3.19. The molecule has 0 saturated heterocycles. The molecule has 4 nitrogen and oxygen atoms in total. The van der Waals surface area contributed by atoms with Crippen molar-refractivity contribution >= 4 is 6.09 Å². The molecule has 1 rings (SSSR count). The van der Waals surface area contributed by atoms with Crippen LogP contribution >= 0.6 is 0 Å². The molecule has 1 aliphatic carbocycles. The highest BCUT2D eigenvalue weighted by Gasteiger charge is 2.24. The average Bonchev–Trinajstić information content (AvgIpc) is 2.47. The van der Waals surface area contributed by atoms with Gasteiger partial charge in [-0.25, -0.2) is 4.79 Å². The van der Waals surface area contributed by atoms with Crippen LogP contribution in [0.1, 0.15) is 86.0 Å². The van der Waals surface area contributed by atoms with Gasteiger partial charge >= 0.3 is 6.09 Å². The van der Waals surface area contributed by atoms with Gasteiger partial charge in [0.1, 0.15) is 5.60 Å². The van der Waals surface area contributed by atoms with E-state index in [0.29, 0.717) is 6.04 Å². The molecule has 1 saturated carbocycles. The summed E-state index contributed by atoms with van der Waals surface area (Å²) < 4.78 is 5.33. The first-order valence-corrected chi connectivity index (χ1v) is 9.57. The molecule has 1 unspecified atom stereocenters. The van der Waals surface area contributed by atoms with E-state index in [4.69, 9.17) is 4.74 Å². The van der Waals surface area contributed by atoms with Crippen molar-refractivity contribution in [3.8, 4) is 0 Å². The van der Waals surface area contributed by atoms with Gasteiger partial charge in [0.05, 0.1) is 0 Å². The van der Waals surface area contributed by atoms with E-state index in [9.17, 15) is 4.79 Å². The van der Waals surface area contributed by atoms with E-state index >= 15 is 0 Å². The maximum Gasteiger partial charge on any atom is 0.407 e. The lowest BCUT2D eigenvalue weighted by atomic mass is 9.90. The molecule has 136 valence electrons. The fraction of sp³-hybridized carbons (Fsp3) is 0.947. The van der Waals surface area contributed by atoms with Crippen LogP contribution in [0.4, 0.5) is 4.79 Å². The normalized spacial score (nSPS) is 23.3. The number of alkyl carbamates (subject to hydrolysis) is 1. The summed E-state index contributed by atoms with van der Waals surface area (Å²) in [5.41, 5.74) is -0.420. The molecule has 1 aliphatic rings. The minimum absolute atomic E-state index is 0.268. The lowest BCUT2D eigenvalue weighted by Gasteiger charge is -2.31. The molecule has 0 heterocycles. The third kappa shape index (κ3) is 9.19. The highest BCUT2D eigenvalue weighted by Crippen LogP contribution is 2.20. The van der Waals surface area contributed by atoms with Gasteiger partial charge in [0, 0.05) is 12.1 Å². The van der Waals surface area contributed by atoms with Crippen LogP contribution in [0, 0.1) is 5.92 Å². The van der Waals surface area contributed by atoms with Crippen molar-refractivity contribution < 1.29 is 9.53 Å². The van der Waals surface area contributed by atoms with Crippen LogP contribution < -0.4 is 10.6 Å². The number of hydrogen-bond donors (Lipinski definition) is 2. The molecule has 0 aromatic rings. The molecular formula is C19H38N2O2. The second kappa shape index (κ2) is 10.2. The Balaban J connectivity index is 2.21. The van der Waals surface area contributed by atoms with E-state index < -0.39 is 5.60 Å². The van der Waals surface area contributed by atoms with Crippen LogP contribution in [0.3, 0.4) is 0 Å². The van der Waals surface area contributed by atoms with E-state index in [-0.39, 0.29) is 12.1 Å². The summed E-state index contributed by atoms with van der Waals surface area (Å²) in [6.07, 6.45) is 9.34. The highest BCUT2D eigenvalue weighted by molar-refractivity contribution is 5.68. The zero-order valence-electron chi connectivity index (χ0n) is 15.9. The van der Waals surface area contributed by atoms with Crippen LogP contribution in [0.2, 0.25) is 0 Å². The van der Waals surface area contributed by atoms with Crippen molar-refractivity contribution in [3.63, 3.8) is 0 Å². The molecule has 1 atom stereocenters. The summed E-state index contributed by atoms with van der Waals surface area (Å²) in [4.78, 5) is 11.8. The van der Waals surface area contributed by atoms with Crippen LogP contribution in [0.15, 0.2) is 0 Å². The monoisotopic (exact) mass is 326 g/mol. The zero-order chi connectivity index (χ0) is 17.3. The molecule has 0 aromatic carbocycles. The Morgan fingerprint density at radius 3 is 2.26 bits per heavy atom. The quantitative estimate of drug-likeness (QED) is 0.684. The van der Waals surface area contributed by atoms with Gasteiger partial charge in [-0.05, 0) is 65.3 Å². The Morgan fingerprint density at radius 2 is 1.74 bits per heavy atom. The summed E-state index contributed by atoms with van der Waals surface area (Å²) in [5.74, 6) is 0.813. The highest BCUT2D eigenvalue weighted by atomic mass is 16.6. The molecule has 2 N–H and O–H groups in total. The van der Waals surface area contributed by atoms with E-state index in [2.05, 4.69) is 24.5 Å². The minimum Gasteiger partial charge on any atom is -0.444 e. The molecule has 1 amide bonds. The Hall–Kier alpha value is -0.770. The van der Waals surface area contributed by atoms with Gasteiger partial charge in [0.25, 0.3) is 0 Å². The van der Waals surface area contributed by atoms with Crippen molar-refractivity contribution in [3.05, 3.63) is 0 Å². The van der Waals surface area contributed by atoms with Crippen molar-refractivity contribution in [2.75, 3.05) is 6.54 Å². The number of rotatable bonds is 8. The van der Waals surface area contributed by atoms with Crippen LogP contribution in [-0.4, -0.2) is 30.3 Å². The van der Waals surface area contributed by atoms with Crippen LogP contribution in [0.5, 0.6) is 0 Å². The van der Waals surface area contributed by atoms with E-state index in [1.165, 1.54) is 25.7 Å². The topological polar surface area (TPSA) is 50.4 Å². The predicted molar refractivity (Wildman–Crippen MR) is 96.7 cm³/mol. The third-order valence-electron chi connectivity index (χ3n) is 4.69. The molecule has 23 heavy (non-hydrogen) atoms. The number of hydrogen-bond acceptors (Lipinski definition) is 3. The van der Waals surface area contributed by atoms with E-state index in [1.54, 1.807) is 0 Å². The van der Waals surface area contributed by atoms with Crippen LogP contribution in [-0.2, 0) is 4.74 Å². The first-order chi connectivity index (χ1) is 10.8. The van der Waals surface area contributed by atoms with Gasteiger partial charge in [-0.1, -0.05) is 33.1 Å².